The monoisotopic (exact) mass is 226 g/mol. The molecule has 3 N–H and O–H groups in total. The van der Waals surface area contributed by atoms with Crippen molar-refractivity contribution in [3.8, 4) is 0 Å². The molecule has 4 heteroatoms. The molecule has 4 atom stereocenters. The highest BCUT2D eigenvalue weighted by molar-refractivity contribution is 5.79. The molecule has 92 valence electrons. The summed E-state index contributed by atoms with van der Waals surface area (Å²) in [4.78, 5) is 12.0. The van der Waals surface area contributed by atoms with E-state index in [1.807, 2.05) is 0 Å². The van der Waals surface area contributed by atoms with Gasteiger partial charge in [0, 0.05) is 19.1 Å². The van der Waals surface area contributed by atoms with Crippen LogP contribution in [0.2, 0.25) is 0 Å². The number of ether oxygens (including phenoxy) is 1. The van der Waals surface area contributed by atoms with Crippen LogP contribution in [-0.4, -0.2) is 31.2 Å². The summed E-state index contributed by atoms with van der Waals surface area (Å²) in [5, 5.41) is 3.12. The molecule has 0 aromatic carbocycles. The first-order valence-corrected chi connectivity index (χ1v) is 6.29. The summed E-state index contributed by atoms with van der Waals surface area (Å²) >= 11 is 0. The third-order valence-electron chi connectivity index (χ3n) is 3.93. The van der Waals surface area contributed by atoms with E-state index in [1.165, 1.54) is 0 Å². The molecule has 0 aromatic heterocycles. The second kappa shape index (κ2) is 5.15. The maximum atomic E-state index is 12.0. The quantitative estimate of drug-likeness (QED) is 0.748. The number of rotatable bonds is 3. The Morgan fingerprint density at radius 1 is 1.31 bits per heavy atom. The van der Waals surface area contributed by atoms with Crippen molar-refractivity contribution < 1.29 is 9.53 Å². The zero-order valence-electron chi connectivity index (χ0n) is 9.95. The lowest BCUT2D eigenvalue weighted by Gasteiger charge is -2.21. The van der Waals surface area contributed by atoms with Gasteiger partial charge in [0.15, 0.2) is 0 Å². The van der Waals surface area contributed by atoms with Gasteiger partial charge in [-0.1, -0.05) is 0 Å². The SMILES string of the molecule is COC1CCCC1NC(=O)C1CCC(N)C1. The van der Waals surface area contributed by atoms with Gasteiger partial charge in [0.05, 0.1) is 12.1 Å². The van der Waals surface area contributed by atoms with Gasteiger partial charge < -0.3 is 15.8 Å². The van der Waals surface area contributed by atoms with E-state index in [2.05, 4.69) is 5.32 Å². The van der Waals surface area contributed by atoms with Crippen LogP contribution in [0.1, 0.15) is 38.5 Å². The summed E-state index contributed by atoms with van der Waals surface area (Å²) in [5.74, 6) is 0.315. The predicted octanol–water partition coefficient (Wildman–Crippen LogP) is 0.797. The van der Waals surface area contributed by atoms with E-state index < -0.39 is 0 Å². The van der Waals surface area contributed by atoms with Crippen molar-refractivity contribution in [1.29, 1.82) is 0 Å². The van der Waals surface area contributed by atoms with Crippen LogP contribution in [0.15, 0.2) is 0 Å². The van der Waals surface area contributed by atoms with E-state index in [1.54, 1.807) is 7.11 Å². The molecule has 2 fully saturated rings. The number of carbonyl (C=O) groups is 1. The Labute approximate surface area is 96.9 Å². The minimum atomic E-state index is 0.133. The molecular formula is C12H22N2O2. The number of hydrogen-bond donors (Lipinski definition) is 2. The molecule has 0 aromatic rings. The molecule has 0 spiro atoms. The smallest absolute Gasteiger partial charge is 0.223 e. The molecule has 0 bridgehead atoms. The Morgan fingerprint density at radius 2 is 2.12 bits per heavy atom. The number of nitrogens with two attached hydrogens (primary N) is 1. The van der Waals surface area contributed by atoms with Gasteiger partial charge in [-0.15, -0.1) is 0 Å². The molecule has 4 nitrogen and oxygen atoms in total. The third-order valence-corrected chi connectivity index (χ3v) is 3.93. The normalized spacial score (nSPS) is 38.9. The molecule has 0 saturated heterocycles. The summed E-state index contributed by atoms with van der Waals surface area (Å²) in [6.45, 7) is 0. The maximum absolute atomic E-state index is 12.0. The van der Waals surface area contributed by atoms with E-state index >= 15 is 0 Å². The summed E-state index contributed by atoms with van der Waals surface area (Å²) in [6, 6.07) is 0.437. The van der Waals surface area contributed by atoms with Gasteiger partial charge in [0.2, 0.25) is 5.91 Å². The maximum Gasteiger partial charge on any atom is 0.223 e. The van der Waals surface area contributed by atoms with Crippen LogP contribution in [0.4, 0.5) is 0 Å². The fourth-order valence-corrected chi connectivity index (χ4v) is 2.93. The minimum absolute atomic E-state index is 0.133. The lowest BCUT2D eigenvalue weighted by Crippen LogP contribution is -2.43. The second-order valence-electron chi connectivity index (χ2n) is 5.09. The van der Waals surface area contributed by atoms with Crippen LogP contribution in [0.3, 0.4) is 0 Å². The summed E-state index contributed by atoms with van der Waals surface area (Å²) < 4.78 is 5.37. The first kappa shape index (κ1) is 11.9. The Morgan fingerprint density at radius 3 is 2.75 bits per heavy atom. The molecule has 0 radical (unpaired) electrons. The van der Waals surface area contributed by atoms with E-state index in [9.17, 15) is 4.79 Å². The number of carbonyl (C=O) groups excluding carboxylic acids is 1. The van der Waals surface area contributed by atoms with Crippen LogP contribution >= 0.6 is 0 Å². The predicted molar refractivity (Wildman–Crippen MR) is 61.9 cm³/mol. The van der Waals surface area contributed by atoms with E-state index in [4.69, 9.17) is 10.5 Å². The van der Waals surface area contributed by atoms with Crippen molar-refractivity contribution in [3.05, 3.63) is 0 Å². The minimum Gasteiger partial charge on any atom is -0.379 e. The Kier molecular flexibility index (Phi) is 3.82. The number of hydrogen-bond acceptors (Lipinski definition) is 3. The highest BCUT2D eigenvalue weighted by Gasteiger charge is 2.33. The average Bonchev–Trinajstić information content (AvgIpc) is 2.86. The molecule has 2 saturated carbocycles. The molecular weight excluding hydrogens is 204 g/mol. The molecule has 0 heterocycles. The summed E-state index contributed by atoms with van der Waals surface area (Å²) in [6.07, 6.45) is 6.23. The molecule has 2 aliphatic carbocycles. The topological polar surface area (TPSA) is 64.3 Å². The van der Waals surface area contributed by atoms with Gasteiger partial charge in [-0.05, 0) is 38.5 Å². The van der Waals surface area contributed by atoms with Crippen LogP contribution in [0, 0.1) is 5.92 Å². The van der Waals surface area contributed by atoms with Gasteiger partial charge >= 0.3 is 0 Å². The van der Waals surface area contributed by atoms with Gasteiger partial charge in [0.25, 0.3) is 0 Å². The number of methoxy groups -OCH3 is 1. The van der Waals surface area contributed by atoms with Crippen molar-refractivity contribution in [3.63, 3.8) is 0 Å². The first-order valence-electron chi connectivity index (χ1n) is 6.29. The van der Waals surface area contributed by atoms with Gasteiger partial charge in [0.1, 0.15) is 0 Å². The average molecular weight is 226 g/mol. The van der Waals surface area contributed by atoms with Crippen molar-refractivity contribution in [2.45, 2.75) is 56.7 Å². The van der Waals surface area contributed by atoms with Gasteiger partial charge in [-0.3, -0.25) is 4.79 Å². The molecule has 1 amide bonds. The van der Waals surface area contributed by atoms with Crippen molar-refractivity contribution >= 4 is 5.91 Å². The van der Waals surface area contributed by atoms with E-state index in [0.29, 0.717) is 0 Å². The molecule has 2 rings (SSSR count). The Hall–Kier alpha value is -0.610. The lowest BCUT2D eigenvalue weighted by molar-refractivity contribution is -0.126. The van der Waals surface area contributed by atoms with Crippen LogP contribution in [-0.2, 0) is 9.53 Å². The van der Waals surface area contributed by atoms with Gasteiger partial charge in [-0.25, -0.2) is 0 Å². The lowest BCUT2D eigenvalue weighted by atomic mass is 10.1. The fraction of sp³-hybridized carbons (Fsp3) is 0.917. The largest absolute Gasteiger partial charge is 0.379 e. The zero-order chi connectivity index (χ0) is 11.5. The summed E-state index contributed by atoms with van der Waals surface area (Å²) in [5.41, 5.74) is 5.82. The Bertz CT molecular complexity index is 257. The first-order chi connectivity index (χ1) is 7.70. The van der Waals surface area contributed by atoms with E-state index in [0.717, 1.165) is 38.5 Å². The Balaban J connectivity index is 1.82. The van der Waals surface area contributed by atoms with Crippen LogP contribution in [0.5, 0.6) is 0 Å². The summed E-state index contributed by atoms with van der Waals surface area (Å²) in [7, 11) is 1.72. The van der Waals surface area contributed by atoms with Gasteiger partial charge in [-0.2, -0.15) is 0 Å². The van der Waals surface area contributed by atoms with Crippen LogP contribution in [0.25, 0.3) is 0 Å². The standard InChI is InChI=1S/C12H22N2O2/c1-16-11-4-2-3-10(11)14-12(15)8-5-6-9(13)7-8/h8-11H,2-7,13H2,1H3,(H,14,15). The van der Waals surface area contributed by atoms with E-state index in [-0.39, 0.29) is 30.0 Å². The zero-order valence-corrected chi connectivity index (χ0v) is 9.95. The fourth-order valence-electron chi connectivity index (χ4n) is 2.93. The molecule has 4 unspecified atom stereocenters. The molecule has 0 aliphatic heterocycles. The molecule has 16 heavy (non-hydrogen) atoms. The highest BCUT2D eigenvalue weighted by atomic mass is 16.5. The number of amides is 1. The van der Waals surface area contributed by atoms with Crippen LogP contribution < -0.4 is 11.1 Å². The second-order valence-corrected chi connectivity index (χ2v) is 5.09. The van der Waals surface area contributed by atoms with Crippen molar-refractivity contribution in [2.75, 3.05) is 7.11 Å². The number of nitrogens with one attached hydrogen (secondary N) is 1. The molecule has 2 aliphatic rings. The van der Waals surface area contributed by atoms with Crippen molar-refractivity contribution in [1.82, 2.24) is 5.32 Å². The highest BCUT2D eigenvalue weighted by Crippen LogP contribution is 2.26. The van der Waals surface area contributed by atoms with Crippen molar-refractivity contribution in [2.24, 2.45) is 11.7 Å². The third kappa shape index (κ3) is 2.55.